The minimum Gasteiger partial charge on any atom is -0.357 e. The largest absolute Gasteiger partial charge is 0.357 e. The Balaban J connectivity index is 2.04. The molecule has 1 aromatic carbocycles. The van der Waals surface area contributed by atoms with Gasteiger partial charge in [-0.3, -0.25) is 14.8 Å². The fourth-order valence-corrected chi connectivity index (χ4v) is 2.23. The van der Waals surface area contributed by atoms with Gasteiger partial charge in [0.15, 0.2) is 0 Å². The van der Waals surface area contributed by atoms with E-state index in [1.807, 2.05) is 0 Å². The van der Waals surface area contributed by atoms with Crippen molar-refractivity contribution in [2.24, 2.45) is 9.98 Å². The van der Waals surface area contributed by atoms with Crippen LogP contribution in [0.15, 0.2) is 34.3 Å². The molecule has 1 aliphatic heterocycles. The van der Waals surface area contributed by atoms with E-state index in [0.717, 1.165) is 0 Å². The van der Waals surface area contributed by atoms with Crippen LogP contribution in [0.1, 0.15) is 24.2 Å². The molecule has 0 bridgehead atoms. The highest BCUT2D eigenvalue weighted by Crippen LogP contribution is 2.13. The summed E-state index contributed by atoms with van der Waals surface area (Å²) in [5.74, 6) is -0.135. The Hall–Kier alpha value is -2.42. The molecule has 118 valence electrons. The van der Waals surface area contributed by atoms with E-state index >= 15 is 0 Å². The number of benzene rings is 1. The van der Waals surface area contributed by atoms with Crippen molar-refractivity contribution in [3.8, 4) is 0 Å². The molecule has 1 aromatic rings. The molecule has 9 heteroatoms. The van der Waals surface area contributed by atoms with E-state index < -0.39 is 15.3 Å². The van der Waals surface area contributed by atoms with E-state index in [1.165, 1.54) is 30.6 Å². The number of aliphatic imine (C=N–C) groups is 2. The van der Waals surface area contributed by atoms with E-state index in [-0.39, 0.29) is 11.9 Å². The highest BCUT2D eigenvalue weighted by Gasteiger charge is 2.16. The van der Waals surface area contributed by atoms with Gasteiger partial charge in [0, 0.05) is 11.3 Å². The number of amides is 1. The van der Waals surface area contributed by atoms with Crippen LogP contribution in [0.25, 0.3) is 0 Å². The number of guanidine groups is 1. The first-order chi connectivity index (χ1) is 10.4. The fraction of sp³-hybridized carbons (Fsp3) is 0.308. The summed E-state index contributed by atoms with van der Waals surface area (Å²) in [7, 11) is -3.40. The first-order valence-electron chi connectivity index (χ1n) is 6.62. The number of nitrogens with one attached hydrogen (secondary N) is 3. The lowest BCUT2D eigenvalue weighted by Crippen LogP contribution is -2.33. The third kappa shape index (κ3) is 4.04. The van der Waals surface area contributed by atoms with Crippen LogP contribution in [0.2, 0.25) is 0 Å². The van der Waals surface area contributed by atoms with Crippen molar-refractivity contribution in [2.75, 3.05) is 11.4 Å². The lowest BCUT2D eigenvalue weighted by Gasteiger charge is -2.11. The standard InChI is InChI=1S/C13H17N5O3S/c1-9(2)22(20,21)18-11-5-3-10(4-6-11)12(19)17-13-15-7-14-8-16-13/h3-7,9,18H,8H2,1-2H3,(H2,14,15,16,17,19). The van der Waals surface area contributed by atoms with Crippen molar-refractivity contribution in [1.82, 2.24) is 10.6 Å². The van der Waals surface area contributed by atoms with Gasteiger partial charge in [0.2, 0.25) is 16.0 Å². The van der Waals surface area contributed by atoms with Gasteiger partial charge in [-0.1, -0.05) is 0 Å². The summed E-state index contributed by atoms with van der Waals surface area (Å²) < 4.78 is 26.0. The van der Waals surface area contributed by atoms with Gasteiger partial charge >= 0.3 is 0 Å². The summed E-state index contributed by atoms with van der Waals surface area (Å²) in [6.07, 6.45) is 1.45. The molecule has 2 rings (SSSR count). The van der Waals surface area contributed by atoms with Gasteiger partial charge in [-0.05, 0) is 38.1 Å². The Morgan fingerprint density at radius 3 is 2.50 bits per heavy atom. The highest BCUT2D eigenvalue weighted by atomic mass is 32.2. The Morgan fingerprint density at radius 1 is 1.27 bits per heavy atom. The van der Waals surface area contributed by atoms with E-state index in [0.29, 0.717) is 17.9 Å². The van der Waals surface area contributed by atoms with Gasteiger partial charge < -0.3 is 5.32 Å². The molecular formula is C13H17N5O3S. The fourth-order valence-electron chi connectivity index (χ4n) is 1.53. The van der Waals surface area contributed by atoms with E-state index in [1.54, 1.807) is 13.8 Å². The van der Waals surface area contributed by atoms with E-state index in [2.05, 4.69) is 25.3 Å². The third-order valence-corrected chi connectivity index (χ3v) is 4.61. The summed E-state index contributed by atoms with van der Waals surface area (Å²) in [6, 6.07) is 6.11. The van der Waals surface area contributed by atoms with Gasteiger partial charge in [-0.25, -0.2) is 18.4 Å². The van der Waals surface area contributed by atoms with Gasteiger partial charge in [0.05, 0.1) is 11.6 Å². The van der Waals surface area contributed by atoms with E-state index in [9.17, 15) is 13.2 Å². The Labute approximate surface area is 128 Å². The number of carbonyl (C=O) groups excluding carboxylic acids is 1. The molecule has 0 spiro atoms. The summed E-state index contributed by atoms with van der Waals surface area (Å²) >= 11 is 0. The monoisotopic (exact) mass is 323 g/mol. The molecule has 1 heterocycles. The lowest BCUT2D eigenvalue weighted by atomic mass is 10.2. The first-order valence-corrected chi connectivity index (χ1v) is 8.16. The summed E-state index contributed by atoms with van der Waals surface area (Å²) in [5, 5.41) is 4.79. The van der Waals surface area contributed by atoms with Crippen molar-refractivity contribution in [3.63, 3.8) is 0 Å². The molecule has 0 aromatic heterocycles. The second kappa shape index (κ2) is 6.56. The minimum atomic E-state index is -3.40. The molecule has 0 saturated heterocycles. The number of rotatable bonds is 4. The SMILES string of the molecule is CC(C)S(=O)(=O)Nc1ccc(C(=O)NC2=NCNC=N2)cc1. The number of nitrogens with zero attached hydrogens (tertiary/aromatic N) is 2. The molecule has 0 aliphatic carbocycles. The van der Waals surface area contributed by atoms with Crippen LogP contribution >= 0.6 is 0 Å². The van der Waals surface area contributed by atoms with Crippen LogP contribution in [-0.2, 0) is 10.0 Å². The van der Waals surface area contributed by atoms with Crippen molar-refractivity contribution in [3.05, 3.63) is 29.8 Å². The van der Waals surface area contributed by atoms with Crippen molar-refractivity contribution < 1.29 is 13.2 Å². The van der Waals surface area contributed by atoms with Gasteiger partial charge in [-0.15, -0.1) is 0 Å². The normalized spacial score (nSPS) is 14.2. The zero-order valence-corrected chi connectivity index (χ0v) is 13.0. The quantitative estimate of drug-likeness (QED) is 0.749. The second-order valence-electron chi connectivity index (χ2n) is 4.83. The average Bonchev–Trinajstić information content (AvgIpc) is 2.48. The lowest BCUT2D eigenvalue weighted by molar-refractivity contribution is 0.0976. The number of sulfonamides is 1. The van der Waals surface area contributed by atoms with Crippen LogP contribution in [0.4, 0.5) is 5.69 Å². The predicted molar refractivity (Wildman–Crippen MR) is 85.5 cm³/mol. The second-order valence-corrected chi connectivity index (χ2v) is 7.07. The molecule has 22 heavy (non-hydrogen) atoms. The topological polar surface area (TPSA) is 112 Å². The van der Waals surface area contributed by atoms with Gasteiger partial charge in [-0.2, -0.15) is 0 Å². The van der Waals surface area contributed by atoms with Crippen LogP contribution in [0.3, 0.4) is 0 Å². The average molecular weight is 323 g/mol. The maximum Gasteiger partial charge on any atom is 0.258 e. The Kier molecular flexibility index (Phi) is 4.76. The number of hydrogen-bond donors (Lipinski definition) is 3. The number of hydrogen-bond acceptors (Lipinski definition) is 6. The molecule has 1 aliphatic rings. The zero-order chi connectivity index (χ0) is 16.2. The number of carbonyl (C=O) groups is 1. The maximum absolute atomic E-state index is 12.0. The summed E-state index contributed by atoms with van der Waals surface area (Å²) in [6.45, 7) is 3.53. The number of anilines is 1. The van der Waals surface area contributed by atoms with Crippen LogP contribution in [0, 0.1) is 0 Å². The maximum atomic E-state index is 12.0. The van der Waals surface area contributed by atoms with Crippen LogP contribution in [-0.4, -0.2) is 38.5 Å². The molecule has 0 unspecified atom stereocenters. The van der Waals surface area contributed by atoms with E-state index in [4.69, 9.17) is 0 Å². The molecular weight excluding hydrogens is 306 g/mol. The molecule has 0 atom stereocenters. The Bertz CT molecular complexity index is 708. The molecule has 0 saturated carbocycles. The molecule has 0 fully saturated rings. The van der Waals surface area contributed by atoms with Gasteiger partial charge in [0.1, 0.15) is 6.67 Å². The molecule has 0 radical (unpaired) electrons. The smallest absolute Gasteiger partial charge is 0.258 e. The molecule has 8 nitrogen and oxygen atoms in total. The predicted octanol–water partition coefficient (Wildman–Crippen LogP) is 0.512. The van der Waals surface area contributed by atoms with Crippen LogP contribution in [0.5, 0.6) is 0 Å². The highest BCUT2D eigenvalue weighted by molar-refractivity contribution is 7.93. The minimum absolute atomic E-state index is 0.230. The van der Waals surface area contributed by atoms with Crippen molar-refractivity contribution >= 4 is 33.9 Å². The molecule has 1 amide bonds. The van der Waals surface area contributed by atoms with Crippen molar-refractivity contribution in [2.45, 2.75) is 19.1 Å². The summed E-state index contributed by atoms with van der Waals surface area (Å²) in [5.41, 5.74) is 0.784. The zero-order valence-electron chi connectivity index (χ0n) is 12.2. The van der Waals surface area contributed by atoms with Gasteiger partial charge in [0.25, 0.3) is 5.91 Å². The molecule has 3 N–H and O–H groups in total. The van der Waals surface area contributed by atoms with Crippen LogP contribution < -0.4 is 15.4 Å². The van der Waals surface area contributed by atoms with Crippen molar-refractivity contribution in [1.29, 1.82) is 0 Å². The first kappa shape index (κ1) is 16.0. The summed E-state index contributed by atoms with van der Waals surface area (Å²) in [4.78, 5) is 19.8. The Morgan fingerprint density at radius 2 is 1.95 bits per heavy atom. The third-order valence-electron chi connectivity index (χ3n) is 2.85.